The number of thiazole rings is 1. The van der Waals surface area contributed by atoms with Crippen molar-refractivity contribution in [3.8, 4) is 16.6 Å². The highest BCUT2D eigenvalue weighted by Crippen LogP contribution is 2.30. The summed E-state index contributed by atoms with van der Waals surface area (Å²) in [5, 5.41) is 10.2. The summed E-state index contributed by atoms with van der Waals surface area (Å²) in [5.74, 6) is -1.16. The Balaban J connectivity index is 1.92. The van der Waals surface area contributed by atoms with E-state index >= 15 is 0 Å². The number of nitrogens with zero attached hydrogens (tertiary/aromatic N) is 3. The maximum absolute atomic E-state index is 12.7. The van der Waals surface area contributed by atoms with Crippen molar-refractivity contribution < 1.29 is 4.79 Å². The second-order valence-electron chi connectivity index (χ2n) is 5.53. The van der Waals surface area contributed by atoms with E-state index in [1.165, 1.54) is 16.9 Å². The Bertz CT molecular complexity index is 925. The van der Waals surface area contributed by atoms with Crippen molar-refractivity contribution in [2.24, 2.45) is 0 Å². The summed E-state index contributed by atoms with van der Waals surface area (Å²) in [5.41, 5.74) is 3.77. The first-order valence-corrected chi connectivity index (χ1v) is 8.30. The second-order valence-corrected chi connectivity index (χ2v) is 6.56. The molecule has 0 fully saturated rings. The van der Waals surface area contributed by atoms with E-state index < -0.39 is 5.92 Å². The lowest BCUT2D eigenvalue weighted by Crippen LogP contribution is -2.11. The van der Waals surface area contributed by atoms with Crippen molar-refractivity contribution in [2.75, 3.05) is 0 Å². The smallest absolute Gasteiger partial charge is 0.197 e. The Kier molecular flexibility index (Phi) is 4.50. The molecule has 0 aliphatic heterocycles. The van der Waals surface area contributed by atoms with Crippen molar-refractivity contribution in [3.05, 3.63) is 70.5 Å². The Morgan fingerprint density at radius 1 is 1.21 bits per heavy atom. The summed E-state index contributed by atoms with van der Waals surface area (Å²) < 4.78 is 0. The average Bonchev–Trinajstić information content (AvgIpc) is 3.06. The zero-order valence-electron chi connectivity index (χ0n) is 13.4. The fourth-order valence-corrected chi connectivity index (χ4v) is 3.49. The molecule has 0 aliphatic rings. The molecule has 0 amide bonds. The molecule has 0 N–H and O–H groups in total. The van der Waals surface area contributed by atoms with Gasteiger partial charge in [-0.25, -0.2) is 4.98 Å². The number of nitriles is 1. The van der Waals surface area contributed by atoms with E-state index in [1.54, 1.807) is 30.6 Å². The number of hydrogen-bond acceptors (Lipinski definition) is 5. The molecule has 24 heavy (non-hydrogen) atoms. The number of hydrogen-bond donors (Lipinski definition) is 0. The number of carbonyl (C=O) groups excluding carboxylic acids is 1. The third-order valence-electron chi connectivity index (χ3n) is 3.74. The molecule has 4 nitrogen and oxygen atoms in total. The van der Waals surface area contributed by atoms with Gasteiger partial charge in [-0.15, -0.1) is 11.3 Å². The highest BCUT2D eigenvalue weighted by molar-refractivity contribution is 7.17. The second kappa shape index (κ2) is 6.73. The first-order valence-electron chi connectivity index (χ1n) is 7.48. The SMILES string of the molecule is Cc1ccc(-c2ncc(C(=O)[C@@H](C#N)c3ccccn3)s2)c(C)c1. The Morgan fingerprint density at radius 2 is 2.04 bits per heavy atom. The van der Waals surface area contributed by atoms with E-state index in [-0.39, 0.29) is 5.78 Å². The van der Waals surface area contributed by atoms with Gasteiger partial charge in [-0.05, 0) is 31.5 Å². The van der Waals surface area contributed by atoms with E-state index in [0.29, 0.717) is 10.6 Å². The number of ketones is 1. The van der Waals surface area contributed by atoms with Crippen LogP contribution in [0.5, 0.6) is 0 Å². The lowest BCUT2D eigenvalue weighted by Gasteiger charge is -2.05. The molecule has 118 valence electrons. The number of rotatable bonds is 4. The van der Waals surface area contributed by atoms with Gasteiger partial charge >= 0.3 is 0 Å². The lowest BCUT2D eigenvalue weighted by atomic mass is 10.0. The van der Waals surface area contributed by atoms with E-state index in [4.69, 9.17) is 0 Å². The fraction of sp³-hybridized carbons (Fsp3) is 0.158. The maximum Gasteiger partial charge on any atom is 0.197 e. The molecule has 0 unspecified atom stereocenters. The average molecular weight is 333 g/mol. The van der Waals surface area contributed by atoms with Crippen LogP contribution in [0.25, 0.3) is 10.6 Å². The van der Waals surface area contributed by atoms with Gasteiger partial charge in [0.15, 0.2) is 11.7 Å². The zero-order valence-corrected chi connectivity index (χ0v) is 14.2. The fourth-order valence-electron chi connectivity index (χ4n) is 2.51. The summed E-state index contributed by atoms with van der Waals surface area (Å²) >= 11 is 1.31. The molecule has 3 aromatic rings. The minimum Gasteiger partial charge on any atom is -0.291 e. The van der Waals surface area contributed by atoms with E-state index in [9.17, 15) is 10.1 Å². The summed E-state index contributed by atoms with van der Waals surface area (Å²) in [4.78, 5) is 21.6. The molecule has 1 aromatic carbocycles. The Morgan fingerprint density at radius 3 is 2.71 bits per heavy atom. The Labute approximate surface area is 144 Å². The molecule has 5 heteroatoms. The lowest BCUT2D eigenvalue weighted by molar-refractivity contribution is 0.0981. The molecule has 0 bridgehead atoms. The summed E-state index contributed by atoms with van der Waals surface area (Å²) in [6, 6.07) is 13.4. The molecule has 0 saturated heterocycles. The predicted molar refractivity (Wildman–Crippen MR) is 93.9 cm³/mol. The largest absolute Gasteiger partial charge is 0.291 e. The topological polar surface area (TPSA) is 66.6 Å². The molecular weight excluding hydrogens is 318 g/mol. The van der Waals surface area contributed by atoms with E-state index in [1.807, 2.05) is 26.0 Å². The highest BCUT2D eigenvalue weighted by atomic mass is 32.1. The van der Waals surface area contributed by atoms with Crippen LogP contribution in [-0.4, -0.2) is 15.8 Å². The first-order chi connectivity index (χ1) is 11.6. The minimum absolute atomic E-state index is 0.260. The number of pyridine rings is 1. The van der Waals surface area contributed by atoms with Crippen LogP contribution in [0.3, 0.4) is 0 Å². The first kappa shape index (κ1) is 16.0. The van der Waals surface area contributed by atoms with Crippen LogP contribution < -0.4 is 0 Å². The van der Waals surface area contributed by atoms with Gasteiger partial charge in [-0.1, -0.05) is 29.8 Å². The van der Waals surface area contributed by atoms with E-state index in [0.717, 1.165) is 16.1 Å². The van der Waals surface area contributed by atoms with Crippen LogP contribution >= 0.6 is 11.3 Å². The quantitative estimate of drug-likeness (QED) is 0.667. The third kappa shape index (κ3) is 3.10. The zero-order chi connectivity index (χ0) is 17.1. The van der Waals surface area contributed by atoms with Gasteiger partial charge in [-0.2, -0.15) is 5.26 Å². The molecule has 0 radical (unpaired) electrons. The number of carbonyl (C=O) groups is 1. The van der Waals surface area contributed by atoms with Crippen LogP contribution in [0.15, 0.2) is 48.8 Å². The van der Waals surface area contributed by atoms with Gasteiger partial charge < -0.3 is 0 Å². The van der Waals surface area contributed by atoms with Crippen molar-refractivity contribution >= 4 is 17.1 Å². The standard InChI is InChI=1S/C19H15N3OS/c1-12-6-7-14(13(2)9-12)19-22-11-17(24-19)18(23)15(10-20)16-5-3-4-8-21-16/h3-9,11,15H,1-2H3/t15-/m0/s1. The van der Waals surface area contributed by atoms with Crippen molar-refractivity contribution in [3.63, 3.8) is 0 Å². The molecule has 0 aliphatic carbocycles. The number of aryl methyl sites for hydroxylation is 2. The van der Waals surface area contributed by atoms with Gasteiger partial charge in [0.1, 0.15) is 5.01 Å². The van der Waals surface area contributed by atoms with Crippen molar-refractivity contribution in [2.45, 2.75) is 19.8 Å². The number of Topliss-reactive ketones (excluding diaryl/α,β-unsaturated/α-hetero) is 1. The Hall–Kier alpha value is -2.84. The van der Waals surface area contributed by atoms with Gasteiger partial charge in [0.2, 0.25) is 0 Å². The molecule has 1 atom stereocenters. The summed E-state index contributed by atoms with van der Waals surface area (Å²) in [6.07, 6.45) is 3.13. The molecule has 2 aromatic heterocycles. The minimum atomic E-state index is -0.904. The predicted octanol–water partition coefficient (Wildman–Crippen LogP) is 4.31. The molecular formula is C19H15N3OS. The van der Waals surface area contributed by atoms with Gasteiger partial charge in [-0.3, -0.25) is 9.78 Å². The summed E-state index contributed by atoms with van der Waals surface area (Å²) in [7, 11) is 0. The normalized spacial score (nSPS) is 11.7. The van der Waals surface area contributed by atoms with Crippen LogP contribution in [-0.2, 0) is 0 Å². The van der Waals surface area contributed by atoms with Crippen LogP contribution in [0.2, 0.25) is 0 Å². The van der Waals surface area contributed by atoms with Crippen LogP contribution in [0.1, 0.15) is 32.4 Å². The monoisotopic (exact) mass is 333 g/mol. The molecule has 3 rings (SSSR count). The molecule has 0 spiro atoms. The summed E-state index contributed by atoms with van der Waals surface area (Å²) in [6.45, 7) is 4.06. The third-order valence-corrected chi connectivity index (χ3v) is 4.78. The van der Waals surface area contributed by atoms with Crippen molar-refractivity contribution in [1.82, 2.24) is 9.97 Å². The molecule has 2 heterocycles. The molecule has 0 saturated carbocycles. The number of benzene rings is 1. The maximum atomic E-state index is 12.7. The van der Waals surface area contributed by atoms with Gasteiger partial charge in [0.05, 0.1) is 16.6 Å². The van der Waals surface area contributed by atoms with E-state index in [2.05, 4.69) is 22.1 Å². The highest BCUT2D eigenvalue weighted by Gasteiger charge is 2.25. The van der Waals surface area contributed by atoms with Crippen LogP contribution in [0.4, 0.5) is 0 Å². The van der Waals surface area contributed by atoms with Gasteiger partial charge in [0, 0.05) is 18.0 Å². The number of aromatic nitrogens is 2. The van der Waals surface area contributed by atoms with Crippen LogP contribution in [0, 0.1) is 25.2 Å². The van der Waals surface area contributed by atoms with Crippen molar-refractivity contribution in [1.29, 1.82) is 5.26 Å². The van der Waals surface area contributed by atoms with Gasteiger partial charge in [0.25, 0.3) is 0 Å².